The van der Waals surface area contributed by atoms with Crippen LogP contribution in [-0.2, 0) is 14.9 Å². The van der Waals surface area contributed by atoms with Crippen LogP contribution in [0.3, 0.4) is 0 Å². The Morgan fingerprint density at radius 2 is 1.90 bits per heavy atom. The van der Waals surface area contributed by atoms with Gasteiger partial charge in [-0.3, -0.25) is 20.5 Å². The molecule has 0 spiro atoms. The summed E-state index contributed by atoms with van der Waals surface area (Å²) in [5, 5.41) is 2.18. The van der Waals surface area contributed by atoms with E-state index in [0.29, 0.717) is 42.1 Å². The molecule has 1 aromatic carbocycles. The van der Waals surface area contributed by atoms with Crippen molar-refractivity contribution in [1.29, 1.82) is 0 Å². The van der Waals surface area contributed by atoms with E-state index in [-0.39, 0.29) is 17.3 Å². The van der Waals surface area contributed by atoms with E-state index in [1.807, 2.05) is 13.0 Å². The maximum atomic E-state index is 12.5. The average molecular weight is 456 g/mol. The van der Waals surface area contributed by atoms with Crippen molar-refractivity contribution in [1.82, 2.24) is 20.7 Å². The van der Waals surface area contributed by atoms with E-state index in [2.05, 4.69) is 20.7 Å². The molecule has 1 heterocycles. The van der Waals surface area contributed by atoms with Crippen molar-refractivity contribution in [3.8, 4) is 0 Å². The average Bonchev–Trinajstić information content (AvgIpc) is 3.23. The van der Waals surface area contributed by atoms with Crippen LogP contribution in [0.5, 0.6) is 0 Å². The number of sulfonamides is 1. The number of hydrogen-bond donors (Lipinski definition) is 4. The first-order chi connectivity index (χ1) is 14.2. The van der Waals surface area contributed by atoms with Gasteiger partial charge in [0.25, 0.3) is 10.0 Å². The number of ketones is 1. The highest BCUT2D eigenvalue weighted by Gasteiger charge is 2.20. The second-order valence-electron chi connectivity index (χ2n) is 6.89. The zero-order valence-electron chi connectivity index (χ0n) is 17.4. The highest BCUT2D eigenvalue weighted by atomic mass is 32.2. The first kappa shape index (κ1) is 24.5. The number of nitrogens with two attached hydrogens (primary N) is 1. The summed E-state index contributed by atoms with van der Waals surface area (Å²) in [5.41, 5.74) is 14.1. The summed E-state index contributed by atoms with van der Waals surface area (Å²) in [5.74, 6) is -0.141. The van der Waals surface area contributed by atoms with E-state index in [9.17, 15) is 13.2 Å². The molecule has 0 aliphatic carbocycles. The third-order valence-electron chi connectivity index (χ3n) is 4.56. The minimum absolute atomic E-state index is 0.137. The molecule has 2 rings (SSSR count). The van der Waals surface area contributed by atoms with Crippen LogP contribution in [0.1, 0.15) is 39.3 Å². The highest BCUT2D eigenvalue weighted by molar-refractivity contribution is 7.89. The smallest absolute Gasteiger partial charge is 0.263 e. The van der Waals surface area contributed by atoms with Crippen molar-refractivity contribution in [2.45, 2.75) is 44.6 Å². The predicted octanol–water partition coefficient (Wildman–Crippen LogP) is 1.36. The quantitative estimate of drug-likeness (QED) is 0.202. The van der Waals surface area contributed by atoms with Crippen molar-refractivity contribution in [3.05, 3.63) is 45.4 Å². The fraction of sp³-hybridized carbons (Fsp3) is 0.474. The minimum Gasteiger partial charge on any atom is -0.321 e. The third-order valence-corrected chi connectivity index (χ3v) is 6.85. The lowest BCUT2D eigenvalue weighted by molar-refractivity contribution is 0.0928. The molecular formula is C19H29N5O4S2. The first-order valence-electron chi connectivity index (χ1n) is 9.59. The summed E-state index contributed by atoms with van der Waals surface area (Å²) in [7, 11) is -3.75. The second kappa shape index (κ2) is 11.6. The lowest BCUT2D eigenvalue weighted by atomic mass is 10.1. The number of hydrogen-bond acceptors (Lipinski definition) is 9. The van der Waals surface area contributed by atoms with Crippen molar-refractivity contribution in [2.75, 3.05) is 19.7 Å². The molecule has 0 unspecified atom stereocenters. The van der Waals surface area contributed by atoms with E-state index >= 15 is 0 Å². The molecule has 5 N–H and O–H groups in total. The van der Waals surface area contributed by atoms with E-state index < -0.39 is 16.1 Å². The zero-order chi connectivity index (χ0) is 22.1. The van der Waals surface area contributed by atoms with Gasteiger partial charge < -0.3 is 5.73 Å². The number of nitrogens with zero attached hydrogens (tertiary/aromatic N) is 1. The van der Waals surface area contributed by atoms with E-state index in [0.717, 1.165) is 5.56 Å². The van der Waals surface area contributed by atoms with Gasteiger partial charge in [-0.05, 0) is 50.3 Å². The standard InChI is InChI=1S/C19H29N5O4S2/c1-13-6-7-14(2)18(15(13)3)30(26,27)24-28-11-9-23-22-8-4-5-16(20)17(25)19-21-10-12-29-19/h6-7,10,12,16,22-24H,4-5,8-9,11,20H2,1-3H3/t16-/m0/s1. The van der Waals surface area contributed by atoms with Crippen LogP contribution >= 0.6 is 11.3 Å². The predicted molar refractivity (Wildman–Crippen MR) is 117 cm³/mol. The molecule has 0 radical (unpaired) electrons. The first-order valence-corrected chi connectivity index (χ1v) is 12.0. The molecule has 0 saturated heterocycles. The van der Waals surface area contributed by atoms with Crippen LogP contribution in [-0.4, -0.2) is 44.9 Å². The Morgan fingerprint density at radius 3 is 2.60 bits per heavy atom. The lowest BCUT2D eigenvalue weighted by Crippen LogP contribution is -2.38. The Morgan fingerprint density at radius 1 is 1.20 bits per heavy atom. The molecule has 0 bridgehead atoms. The topological polar surface area (TPSA) is 135 Å². The molecule has 0 saturated carbocycles. The Hall–Kier alpha value is -1.73. The van der Waals surface area contributed by atoms with Crippen LogP contribution in [0.2, 0.25) is 0 Å². The number of Topliss-reactive ketones (excluding diaryl/α,β-unsaturated/α-hetero) is 1. The molecule has 9 nitrogen and oxygen atoms in total. The van der Waals surface area contributed by atoms with Crippen LogP contribution < -0.4 is 21.5 Å². The van der Waals surface area contributed by atoms with Gasteiger partial charge in [-0.1, -0.05) is 17.0 Å². The number of benzene rings is 1. The maximum absolute atomic E-state index is 12.5. The molecule has 0 aliphatic rings. The summed E-state index contributed by atoms with van der Waals surface area (Å²) >= 11 is 1.29. The van der Waals surface area contributed by atoms with E-state index in [1.54, 1.807) is 31.5 Å². The second-order valence-corrected chi connectivity index (χ2v) is 9.37. The summed E-state index contributed by atoms with van der Waals surface area (Å²) in [6.45, 7) is 6.52. The van der Waals surface area contributed by atoms with Gasteiger partial charge in [0.2, 0.25) is 5.78 Å². The van der Waals surface area contributed by atoms with Gasteiger partial charge >= 0.3 is 0 Å². The van der Waals surface area contributed by atoms with Gasteiger partial charge in [-0.25, -0.2) is 13.4 Å². The summed E-state index contributed by atoms with van der Waals surface area (Å²) < 4.78 is 25.0. The summed E-state index contributed by atoms with van der Waals surface area (Å²) in [4.78, 5) is 23.5. The van der Waals surface area contributed by atoms with Gasteiger partial charge in [-0.15, -0.1) is 11.3 Å². The highest BCUT2D eigenvalue weighted by Crippen LogP contribution is 2.22. The Bertz CT molecular complexity index is 933. The van der Waals surface area contributed by atoms with Gasteiger partial charge in [0.1, 0.15) is 0 Å². The van der Waals surface area contributed by atoms with Gasteiger partial charge in [0.15, 0.2) is 5.01 Å². The van der Waals surface area contributed by atoms with Gasteiger partial charge in [0.05, 0.1) is 17.5 Å². The monoisotopic (exact) mass is 455 g/mol. The molecule has 30 heavy (non-hydrogen) atoms. The van der Waals surface area contributed by atoms with Crippen molar-refractivity contribution < 1.29 is 18.0 Å². The SMILES string of the molecule is Cc1ccc(C)c(S(=O)(=O)NOCCNNCCC[C@H](N)C(=O)c2nccs2)c1C. The van der Waals surface area contributed by atoms with Gasteiger partial charge in [0, 0.05) is 24.7 Å². The van der Waals surface area contributed by atoms with Crippen molar-refractivity contribution in [3.63, 3.8) is 0 Å². The number of thiazole rings is 1. The summed E-state index contributed by atoms with van der Waals surface area (Å²) in [6, 6.07) is 3.10. The molecule has 1 aromatic heterocycles. The number of hydrazine groups is 1. The largest absolute Gasteiger partial charge is 0.321 e. The number of carbonyl (C=O) groups excluding carboxylic acids is 1. The molecule has 0 amide bonds. The Kier molecular flexibility index (Phi) is 9.49. The zero-order valence-corrected chi connectivity index (χ0v) is 19.0. The van der Waals surface area contributed by atoms with Crippen molar-refractivity contribution >= 4 is 27.1 Å². The van der Waals surface area contributed by atoms with Gasteiger partial charge in [-0.2, -0.15) is 0 Å². The number of carbonyl (C=O) groups is 1. The normalized spacial score (nSPS) is 12.8. The Balaban J connectivity index is 1.60. The number of nitrogens with one attached hydrogen (secondary N) is 3. The molecule has 0 fully saturated rings. The minimum atomic E-state index is -3.75. The van der Waals surface area contributed by atoms with E-state index in [1.165, 1.54) is 11.3 Å². The molecule has 2 aromatic rings. The van der Waals surface area contributed by atoms with Crippen LogP contribution in [0.25, 0.3) is 0 Å². The van der Waals surface area contributed by atoms with Crippen LogP contribution in [0.15, 0.2) is 28.6 Å². The number of aryl methyl sites for hydroxylation is 2. The molecule has 1 atom stereocenters. The van der Waals surface area contributed by atoms with E-state index in [4.69, 9.17) is 10.6 Å². The lowest BCUT2D eigenvalue weighted by Gasteiger charge is -2.14. The molecular weight excluding hydrogens is 426 g/mol. The maximum Gasteiger partial charge on any atom is 0.263 e. The molecule has 166 valence electrons. The van der Waals surface area contributed by atoms with Crippen LogP contribution in [0.4, 0.5) is 0 Å². The van der Waals surface area contributed by atoms with Crippen molar-refractivity contribution in [2.24, 2.45) is 5.73 Å². The number of aromatic nitrogens is 1. The third kappa shape index (κ3) is 6.91. The molecule has 0 aliphatic heterocycles. The van der Waals surface area contributed by atoms with Crippen LogP contribution in [0, 0.1) is 20.8 Å². The number of rotatable bonds is 13. The fourth-order valence-electron chi connectivity index (χ4n) is 2.82. The summed E-state index contributed by atoms with van der Waals surface area (Å²) in [6.07, 6.45) is 2.82. The Labute approximate surface area is 181 Å². The fourth-order valence-corrected chi connectivity index (χ4v) is 4.84. The molecule has 11 heteroatoms.